The van der Waals surface area contributed by atoms with Gasteiger partial charge in [0, 0.05) is 24.7 Å². The Morgan fingerprint density at radius 1 is 0.895 bits per heavy atom. The van der Waals surface area contributed by atoms with E-state index < -0.39 is 0 Å². The van der Waals surface area contributed by atoms with Gasteiger partial charge in [0.25, 0.3) is 0 Å². The van der Waals surface area contributed by atoms with Crippen LogP contribution in [-0.4, -0.2) is 36.6 Å². The number of fused-ring (bicyclic) bond motifs is 2. The van der Waals surface area contributed by atoms with Crippen LogP contribution in [0, 0.1) is 5.92 Å². The minimum absolute atomic E-state index is 0. The third kappa shape index (κ3) is 4.09. The molecule has 1 N–H and O–H groups in total. The SMILES string of the molecule is CN(CC1CCCCCC1)C1CC2CCC(C1)N2.Cl. The van der Waals surface area contributed by atoms with E-state index >= 15 is 0 Å². The number of hydrogen-bond donors (Lipinski definition) is 1. The molecule has 1 saturated carbocycles. The molecular formula is C16H31ClN2. The highest BCUT2D eigenvalue weighted by Gasteiger charge is 2.35. The molecule has 0 aromatic carbocycles. The Balaban J connectivity index is 0.00000133. The number of hydrogen-bond acceptors (Lipinski definition) is 2. The zero-order valence-electron chi connectivity index (χ0n) is 12.4. The van der Waals surface area contributed by atoms with Crippen LogP contribution in [0.1, 0.15) is 64.2 Å². The number of piperidine rings is 1. The third-order valence-corrected chi connectivity index (χ3v) is 5.59. The molecule has 3 aliphatic rings. The zero-order valence-corrected chi connectivity index (χ0v) is 13.3. The van der Waals surface area contributed by atoms with E-state index in [-0.39, 0.29) is 12.4 Å². The Hall–Kier alpha value is 0.210. The summed E-state index contributed by atoms with van der Waals surface area (Å²) in [6, 6.07) is 2.54. The summed E-state index contributed by atoms with van der Waals surface area (Å²) in [6.07, 6.45) is 14.6. The summed E-state index contributed by atoms with van der Waals surface area (Å²) < 4.78 is 0. The quantitative estimate of drug-likeness (QED) is 0.798. The molecule has 0 amide bonds. The molecular weight excluding hydrogens is 256 g/mol. The first-order valence-corrected chi connectivity index (χ1v) is 8.27. The van der Waals surface area contributed by atoms with Gasteiger partial charge >= 0.3 is 0 Å². The summed E-state index contributed by atoms with van der Waals surface area (Å²) in [5.41, 5.74) is 0. The van der Waals surface area contributed by atoms with Gasteiger partial charge in [0.15, 0.2) is 0 Å². The largest absolute Gasteiger partial charge is 0.311 e. The number of rotatable bonds is 3. The molecule has 19 heavy (non-hydrogen) atoms. The minimum atomic E-state index is 0. The van der Waals surface area contributed by atoms with Crippen molar-refractivity contribution >= 4 is 12.4 Å². The Bertz CT molecular complexity index is 251. The fourth-order valence-electron chi connectivity index (χ4n) is 4.49. The summed E-state index contributed by atoms with van der Waals surface area (Å²) in [5.74, 6) is 0.991. The van der Waals surface area contributed by atoms with Crippen LogP contribution in [0.5, 0.6) is 0 Å². The van der Waals surface area contributed by atoms with E-state index in [0.29, 0.717) is 0 Å². The first-order chi connectivity index (χ1) is 8.81. The monoisotopic (exact) mass is 286 g/mol. The molecule has 112 valence electrons. The van der Waals surface area contributed by atoms with E-state index in [1.54, 1.807) is 0 Å². The molecule has 0 radical (unpaired) electrons. The van der Waals surface area contributed by atoms with Crippen molar-refractivity contribution < 1.29 is 0 Å². The molecule has 0 spiro atoms. The molecule has 2 nitrogen and oxygen atoms in total. The topological polar surface area (TPSA) is 15.3 Å². The van der Waals surface area contributed by atoms with Crippen molar-refractivity contribution in [3.63, 3.8) is 0 Å². The van der Waals surface area contributed by atoms with Crippen molar-refractivity contribution in [3.05, 3.63) is 0 Å². The van der Waals surface area contributed by atoms with E-state index in [2.05, 4.69) is 17.3 Å². The minimum Gasteiger partial charge on any atom is -0.311 e. The Morgan fingerprint density at radius 2 is 1.47 bits per heavy atom. The van der Waals surface area contributed by atoms with E-state index in [4.69, 9.17) is 0 Å². The lowest BCUT2D eigenvalue weighted by molar-refractivity contribution is 0.146. The van der Waals surface area contributed by atoms with Crippen LogP contribution in [-0.2, 0) is 0 Å². The van der Waals surface area contributed by atoms with Gasteiger partial charge in [-0.3, -0.25) is 0 Å². The van der Waals surface area contributed by atoms with Gasteiger partial charge in [-0.2, -0.15) is 0 Å². The van der Waals surface area contributed by atoms with Crippen LogP contribution < -0.4 is 5.32 Å². The smallest absolute Gasteiger partial charge is 0.0122 e. The number of nitrogens with one attached hydrogen (secondary N) is 1. The summed E-state index contributed by atoms with van der Waals surface area (Å²) >= 11 is 0. The van der Waals surface area contributed by atoms with Gasteiger partial charge in [0.05, 0.1) is 0 Å². The van der Waals surface area contributed by atoms with Gasteiger partial charge < -0.3 is 10.2 Å². The molecule has 2 aliphatic heterocycles. The fraction of sp³-hybridized carbons (Fsp3) is 1.00. The maximum atomic E-state index is 3.76. The Labute approximate surface area is 125 Å². The molecule has 3 fully saturated rings. The van der Waals surface area contributed by atoms with Gasteiger partial charge in [-0.1, -0.05) is 25.7 Å². The van der Waals surface area contributed by atoms with Crippen LogP contribution in [0.15, 0.2) is 0 Å². The second kappa shape index (κ2) is 7.28. The lowest BCUT2D eigenvalue weighted by atomic mass is 9.95. The molecule has 2 saturated heterocycles. The molecule has 1 aliphatic carbocycles. The maximum absolute atomic E-state index is 3.76. The highest BCUT2D eigenvalue weighted by Crippen LogP contribution is 2.31. The van der Waals surface area contributed by atoms with Crippen LogP contribution in [0.4, 0.5) is 0 Å². The molecule has 0 aromatic rings. The average molecular weight is 287 g/mol. The predicted molar refractivity (Wildman–Crippen MR) is 84.0 cm³/mol. The van der Waals surface area contributed by atoms with Crippen LogP contribution in [0.2, 0.25) is 0 Å². The van der Waals surface area contributed by atoms with Crippen LogP contribution in [0.25, 0.3) is 0 Å². The molecule has 2 heterocycles. The van der Waals surface area contributed by atoms with Crippen molar-refractivity contribution in [1.82, 2.24) is 10.2 Å². The van der Waals surface area contributed by atoms with Gasteiger partial charge in [-0.25, -0.2) is 0 Å². The average Bonchev–Trinajstić information content (AvgIpc) is 2.58. The highest BCUT2D eigenvalue weighted by atomic mass is 35.5. The maximum Gasteiger partial charge on any atom is 0.0122 e. The second-order valence-corrected chi connectivity index (χ2v) is 7.06. The molecule has 2 bridgehead atoms. The molecule has 2 unspecified atom stereocenters. The van der Waals surface area contributed by atoms with E-state index in [1.165, 1.54) is 70.8 Å². The Morgan fingerprint density at radius 3 is 2.05 bits per heavy atom. The normalized spacial score (nSPS) is 36.0. The van der Waals surface area contributed by atoms with Crippen molar-refractivity contribution in [2.75, 3.05) is 13.6 Å². The molecule has 3 heteroatoms. The third-order valence-electron chi connectivity index (χ3n) is 5.59. The highest BCUT2D eigenvalue weighted by molar-refractivity contribution is 5.85. The second-order valence-electron chi connectivity index (χ2n) is 7.06. The van der Waals surface area contributed by atoms with E-state index in [1.807, 2.05) is 0 Å². The lowest BCUT2D eigenvalue weighted by Gasteiger charge is -2.37. The van der Waals surface area contributed by atoms with Crippen molar-refractivity contribution in [2.45, 2.75) is 82.3 Å². The molecule has 0 aromatic heterocycles. The van der Waals surface area contributed by atoms with E-state index in [0.717, 1.165) is 24.0 Å². The summed E-state index contributed by atoms with van der Waals surface area (Å²) in [7, 11) is 2.39. The van der Waals surface area contributed by atoms with E-state index in [9.17, 15) is 0 Å². The van der Waals surface area contributed by atoms with Gasteiger partial charge in [-0.15, -0.1) is 12.4 Å². The predicted octanol–water partition coefficient (Wildman–Crippen LogP) is 3.59. The van der Waals surface area contributed by atoms with Crippen molar-refractivity contribution in [3.8, 4) is 0 Å². The van der Waals surface area contributed by atoms with Gasteiger partial charge in [-0.05, 0) is 51.5 Å². The van der Waals surface area contributed by atoms with Crippen LogP contribution >= 0.6 is 12.4 Å². The standard InChI is InChI=1S/C16H30N2.ClH/c1-18(12-13-6-4-2-3-5-7-13)16-10-14-8-9-15(11-16)17-14;/h13-17H,2-12H2,1H3;1H. The van der Waals surface area contributed by atoms with Crippen molar-refractivity contribution in [2.24, 2.45) is 5.92 Å². The molecule has 2 atom stereocenters. The van der Waals surface area contributed by atoms with Crippen molar-refractivity contribution in [1.29, 1.82) is 0 Å². The van der Waals surface area contributed by atoms with Gasteiger partial charge in [0.2, 0.25) is 0 Å². The zero-order chi connectivity index (χ0) is 12.4. The van der Waals surface area contributed by atoms with Gasteiger partial charge in [0.1, 0.15) is 0 Å². The lowest BCUT2D eigenvalue weighted by Crippen LogP contribution is -2.48. The first-order valence-electron chi connectivity index (χ1n) is 8.27. The Kier molecular flexibility index (Phi) is 5.98. The molecule has 3 rings (SSSR count). The number of halogens is 1. The summed E-state index contributed by atoms with van der Waals surface area (Å²) in [5, 5.41) is 3.76. The summed E-state index contributed by atoms with van der Waals surface area (Å²) in [4.78, 5) is 2.71. The number of nitrogens with zero attached hydrogens (tertiary/aromatic N) is 1. The first kappa shape index (κ1) is 15.6. The fourth-order valence-corrected chi connectivity index (χ4v) is 4.49. The summed E-state index contributed by atoms with van der Waals surface area (Å²) in [6.45, 7) is 1.37. The van der Waals surface area contributed by atoms with Crippen LogP contribution in [0.3, 0.4) is 0 Å².